The van der Waals surface area contributed by atoms with Crippen molar-refractivity contribution < 1.29 is 14.6 Å². The molecule has 1 aliphatic heterocycles. The predicted molar refractivity (Wildman–Crippen MR) is 92.0 cm³/mol. The molecule has 2 aromatic rings. The van der Waals surface area contributed by atoms with Crippen LogP contribution in [0.1, 0.15) is 43.1 Å². The van der Waals surface area contributed by atoms with Crippen LogP contribution in [0.3, 0.4) is 0 Å². The van der Waals surface area contributed by atoms with Gasteiger partial charge in [0.05, 0.1) is 17.8 Å². The first-order chi connectivity index (χ1) is 11.6. The fourth-order valence-electron chi connectivity index (χ4n) is 3.21. The fraction of sp³-hybridized carbons (Fsp3) is 0.444. The van der Waals surface area contributed by atoms with Crippen LogP contribution in [0, 0.1) is 0 Å². The number of aldehydes is 1. The molecule has 1 atom stereocenters. The molecule has 0 radical (unpaired) electrons. The lowest BCUT2D eigenvalue weighted by Crippen LogP contribution is -2.36. The third kappa shape index (κ3) is 3.09. The first-order valence-electron chi connectivity index (χ1n) is 8.32. The van der Waals surface area contributed by atoms with Crippen molar-refractivity contribution in [1.82, 2.24) is 9.78 Å². The molecule has 1 aromatic heterocycles. The van der Waals surface area contributed by atoms with Gasteiger partial charge in [-0.15, -0.1) is 0 Å². The van der Waals surface area contributed by atoms with Gasteiger partial charge in [0.15, 0.2) is 6.29 Å². The highest BCUT2D eigenvalue weighted by Gasteiger charge is 2.28. The van der Waals surface area contributed by atoms with Crippen LogP contribution in [0.25, 0.3) is 0 Å². The first kappa shape index (κ1) is 16.4. The number of nitrogens with zero attached hydrogens (tertiary/aromatic N) is 3. The number of aromatic hydroxyl groups is 1. The molecule has 1 saturated heterocycles. The van der Waals surface area contributed by atoms with E-state index in [0.29, 0.717) is 24.7 Å². The van der Waals surface area contributed by atoms with Gasteiger partial charge in [-0.1, -0.05) is 6.07 Å². The van der Waals surface area contributed by atoms with E-state index in [2.05, 4.69) is 23.8 Å². The van der Waals surface area contributed by atoms with E-state index >= 15 is 0 Å². The van der Waals surface area contributed by atoms with E-state index in [1.807, 2.05) is 16.9 Å². The van der Waals surface area contributed by atoms with Crippen molar-refractivity contribution in [3.8, 4) is 11.5 Å². The van der Waals surface area contributed by atoms with E-state index in [1.54, 1.807) is 12.1 Å². The molecule has 3 rings (SSSR count). The Bertz CT molecular complexity index is 711. The molecule has 24 heavy (non-hydrogen) atoms. The molecule has 1 N–H and O–H groups in total. The van der Waals surface area contributed by atoms with Crippen LogP contribution in [0.5, 0.6) is 11.5 Å². The number of phenolic OH excluding ortho intramolecular Hbond substituents is 1. The molecule has 1 aliphatic rings. The average Bonchev–Trinajstić information content (AvgIpc) is 3.21. The molecule has 128 valence electrons. The molecule has 0 aliphatic carbocycles. The number of carbonyl (C=O) groups excluding carboxylic acids is 1. The topological polar surface area (TPSA) is 67.6 Å². The van der Waals surface area contributed by atoms with Gasteiger partial charge in [0.25, 0.3) is 0 Å². The Kier molecular flexibility index (Phi) is 4.74. The second-order valence-electron chi connectivity index (χ2n) is 6.33. The molecule has 2 heterocycles. The molecule has 6 heteroatoms. The van der Waals surface area contributed by atoms with Crippen molar-refractivity contribution in [1.29, 1.82) is 0 Å². The smallest absolute Gasteiger partial charge is 0.157 e. The summed E-state index contributed by atoms with van der Waals surface area (Å²) in [4.78, 5) is 13.5. The minimum absolute atomic E-state index is 0.0522. The van der Waals surface area contributed by atoms with Gasteiger partial charge in [0, 0.05) is 18.7 Å². The molecule has 1 fully saturated rings. The highest BCUT2D eigenvalue weighted by atomic mass is 16.5. The number of anilines is 1. The molecule has 0 amide bonds. The maximum absolute atomic E-state index is 11.2. The number of hydrogen-bond donors (Lipinski definition) is 1. The van der Waals surface area contributed by atoms with Crippen LogP contribution in [0.2, 0.25) is 0 Å². The highest BCUT2D eigenvalue weighted by molar-refractivity contribution is 5.83. The lowest BCUT2D eigenvalue weighted by atomic mass is 10.2. The second kappa shape index (κ2) is 6.95. The van der Waals surface area contributed by atoms with Crippen LogP contribution in [0.15, 0.2) is 30.5 Å². The van der Waals surface area contributed by atoms with Gasteiger partial charge in [0.1, 0.15) is 23.9 Å². The first-order valence-corrected chi connectivity index (χ1v) is 8.32. The Balaban J connectivity index is 1.74. The van der Waals surface area contributed by atoms with Crippen LogP contribution >= 0.6 is 0 Å². The number of aromatic nitrogens is 2. The number of ether oxygens (including phenoxy) is 1. The van der Waals surface area contributed by atoms with Gasteiger partial charge < -0.3 is 14.7 Å². The Morgan fingerprint density at radius 2 is 2.25 bits per heavy atom. The summed E-state index contributed by atoms with van der Waals surface area (Å²) in [5.41, 5.74) is 0.203. The van der Waals surface area contributed by atoms with Crippen molar-refractivity contribution in [3.63, 3.8) is 0 Å². The maximum atomic E-state index is 11.2. The Hall–Kier alpha value is -2.50. The van der Waals surface area contributed by atoms with Crippen LogP contribution in [-0.2, 0) is 0 Å². The molecule has 0 unspecified atom stereocenters. The average molecular weight is 329 g/mol. The van der Waals surface area contributed by atoms with Gasteiger partial charge in [-0.2, -0.15) is 5.10 Å². The Morgan fingerprint density at radius 3 is 3.00 bits per heavy atom. The Morgan fingerprint density at radius 1 is 1.42 bits per heavy atom. The molecular weight excluding hydrogens is 306 g/mol. The summed E-state index contributed by atoms with van der Waals surface area (Å²) in [6.45, 7) is 5.66. The van der Waals surface area contributed by atoms with E-state index in [1.165, 1.54) is 6.07 Å². The second-order valence-corrected chi connectivity index (χ2v) is 6.33. The quantitative estimate of drug-likeness (QED) is 0.825. The largest absolute Gasteiger partial charge is 0.507 e. The van der Waals surface area contributed by atoms with E-state index in [0.717, 1.165) is 25.2 Å². The van der Waals surface area contributed by atoms with Gasteiger partial charge in [-0.05, 0) is 38.8 Å². The zero-order valence-electron chi connectivity index (χ0n) is 14.1. The highest BCUT2D eigenvalue weighted by Crippen LogP contribution is 2.29. The Labute approximate surface area is 141 Å². The summed E-state index contributed by atoms with van der Waals surface area (Å²) < 4.78 is 7.88. The van der Waals surface area contributed by atoms with Crippen molar-refractivity contribution in [3.05, 3.63) is 36.0 Å². The molecular formula is C18H23N3O3. The standard InChI is InChI=1S/C18H23N3O3/c1-13(2)21-18(8-9-19-21)20-10-4-5-14(20)12-24-17-7-3-6-16(23)15(17)11-22/h3,6-9,11,13-14,23H,4-5,10,12H2,1-2H3/t14-/m0/s1. The fourth-order valence-corrected chi connectivity index (χ4v) is 3.21. The summed E-state index contributed by atoms with van der Waals surface area (Å²) in [5.74, 6) is 1.47. The molecule has 0 saturated carbocycles. The number of phenols is 1. The number of carbonyl (C=O) groups is 1. The molecule has 0 bridgehead atoms. The molecule has 1 aromatic carbocycles. The summed E-state index contributed by atoms with van der Waals surface area (Å²) in [5, 5.41) is 14.2. The van der Waals surface area contributed by atoms with Crippen molar-refractivity contribution >= 4 is 12.1 Å². The molecule has 0 spiro atoms. The van der Waals surface area contributed by atoms with Crippen molar-refractivity contribution in [2.75, 3.05) is 18.1 Å². The number of rotatable bonds is 6. The monoisotopic (exact) mass is 329 g/mol. The summed E-state index contributed by atoms with van der Waals surface area (Å²) >= 11 is 0. The summed E-state index contributed by atoms with van der Waals surface area (Å²) in [7, 11) is 0. The van der Waals surface area contributed by atoms with Crippen LogP contribution < -0.4 is 9.64 Å². The third-order valence-electron chi connectivity index (χ3n) is 4.40. The van der Waals surface area contributed by atoms with Crippen molar-refractivity contribution in [2.24, 2.45) is 0 Å². The predicted octanol–water partition coefficient (Wildman–Crippen LogP) is 3.03. The summed E-state index contributed by atoms with van der Waals surface area (Å²) in [6.07, 6.45) is 4.58. The maximum Gasteiger partial charge on any atom is 0.157 e. The van der Waals surface area contributed by atoms with Crippen LogP contribution in [0.4, 0.5) is 5.82 Å². The third-order valence-corrected chi connectivity index (χ3v) is 4.40. The number of benzene rings is 1. The minimum atomic E-state index is -0.0522. The SMILES string of the molecule is CC(C)n1nccc1N1CCC[C@H]1COc1cccc(O)c1C=O. The summed E-state index contributed by atoms with van der Waals surface area (Å²) in [6, 6.07) is 7.42. The van der Waals surface area contributed by atoms with E-state index in [9.17, 15) is 9.90 Å². The number of hydrogen-bond acceptors (Lipinski definition) is 5. The van der Waals surface area contributed by atoms with E-state index in [-0.39, 0.29) is 17.4 Å². The minimum Gasteiger partial charge on any atom is -0.507 e. The van der Waals surface area contributed by atoms with E-state index in [4.69, 9.17) is 4.74 Å². The molecule has 6 nitrogen and oxygen atoms in total. The zero-order valence-corrected chi connectivity index (χ0v) is 14.1. The van der Waals surface area contributed by atoms with Gasteiger partial charge in [-0.3, -0.25) is 4.79 Å². The van der Waals surface area contributed by atoms with Gasteiger partial charge >= 0.3 is 0 Å². The van der Waals surface area contributed by atoms with Crippen LogP contribution in [-0.4, -0.2) is 40.4 Å². The van der Waals surface area contributed by atoms with Gasteiger partial charge in [0.2, 0.25) is 0 Å². The van der Waals surface area contributed by atoms with Crippen molar-refractivity contribution in [2.45, 2.75) is 38.8 Å². The van der Waals surface area contributed by atoms with Gasteiger partial charge in [-0.25, -0.2) is 4.68 Å². The zero-order chi connectivity index (χ0) is 17.1. The van der Waals surface area contributed by atoms with E-state index < -0.39 is 0 Å². The lowest BCUT2D eigenvalue weighted by molar-refractivity contribution is 0.111. The lowest BCUT2D eigenvalue weighted by Gasteiger charge is -2.28. The normalized spacial score (nSPS) is 17.5.